The van der Waals surface area contributed by atoms with Gasteiger partial charge < -0.3 is 0 Å². The maximum Gasteiger partial charge on any atom is 0.0443 e. The number of halogens is 2. The van der Waals surface area contributed by atoms with Crippen LogP contribution in [0.5, 0.6) is 0 Å². The van der Waals surface area contributed by atoms with E-state index in [1.54, 1.807) is 0 Å². The molecule has 0 saturated heterocycles. The van der Waals surface area contributed by atoms with Crippen LogP contribution >= 0.6 is 23.2 Å². The van der Waals surface area contributed by atoms with Crippen LogP contribution in [-0.4, -0.2) is 5.88 Å². The Kier molecular flexibility index (Phi) is 2.53. The number of rotatable bonds is 2. The molecule has 0 amide bonds. The van der Waals surface area contributed by atoms with Gasteiger partial charge in [-0.2, -0.15) is 0 Å². The zero-order chi connectivity index (χ0) is 9.42. The van der Waals surface area contributed by atoms with Gasteiger partial charge in [-0.25, -0.2) is 0 Å². The molecular weight excluding hydrogens is 203 g/mol. The van der Waals surface area contributed by atoms with Gasteiger partial charge in [0.25, 0.3) is 0 Å². The zero-order valence-electron chi connectivity index (χ0n) is 7.56. The first-order valence-electron chi connectivity index (χ1n) is 4.54. The second kappa shape index (κ2) is 3.51. The van der Waals surface area contributed by atoms with Gasteiger partial charge in [-0.05, 0) is 42.4 Å². The fourth-order valence-corrected chi connectivity index (χ4v) is 2.45. The molecule has 13 heavy (non-hydrogen) atoms. The van der Waals surface area contributed by atoms with E-state index in [1.807, 2.05) is 6.07 Å². The van der Waals surface area contributed by atoms with E-state index < -0.39 is 0 Å². The fraction of sp³-hybridized carbons (Fsp3) is 0.455. The smallest absolute Gasteiger partial charge is 0.0443 e. The molecule has 0 nitrogen and oxygen atoms in total. The highest BCUT2D eigenvalue weighted by atomic mass is 35.5. The fourth-order valence-electron chi connectivity index (χ4n) is 1.73. The van der Waals surface area contributed by atoms with Gasteiger partial charge >= 0.3 is 0 Å². The Morgan fingerprint density at radius 1 is 1.46 bits per heavy atom. The average molecular weight is 215 g/mol. The van der Waals surface area contributed by atoms with Crippen LogP contribution < -0.4 is 0 Å². The molecule has 0 N–H and O–H groups in total. The molecule has 1 aliphatic rings. The van der Waals surface area contributed by atoms with Gasteiger partial charge in [-0.1, -0.05) is 23.7 Å². The third-order valence-corrected chi connectivity index (χ3v) is 3.40. The van der Waals surface area contributed by atoms with Gasteiger partial charge in [0.1, 0.15) is 0 Å². The molecule has 0 radical (unpaired) electrons. The van der Waals surface area contributed by atoms with Crippen molar-refractivity contribution in [2.24, 2.45) is 5.92 Å². The predicted octanol–water partition coefficient (Wildman–Crippen LogP) is 3.99. The van der Waals surface area contributed by atoms with E-state index in [0.29, 0.717) is 11.8 Å². The van der Waals surface area contributed by atoms with Crippen molar-refractivity contribution in [2.45, 2.75) is 19.3 Å². The molecule has 2 unspecified atom stereocenters. The molecule has 1 aliphatic carbocycles. The van der Waals surface area contributed by atoms with Crippen molar-refractivity contribution in [1.29, 1.82) is 0 Å². The first-order valence-corrected chi connectivity index (χ1v) is 5.45. The Balaban J connectivity index is 2.22. The Hall–Kier alpha value is -0.200. The highest BCUT2D eigenvalue weighted by Gasteiger charge is 2.38. The van der Waals surface area contributed by atoms with Crippen molar-refractivity contribution in [2.75, 3.05) is 5.88 Å². The summed E-state index contributed by atoms with van der Waals surface area (Å²) in [5.41, 5.74) is 2.50. The molecule has 1 aromatic rings. The van der Waals surface area contributed by atoms with Crippen LogP contribution in [0, 0.1) is 12.8 Å². The van der Waals surface area contributed by atoms with E-state index in [1.165, 1.54) is 17.5 Å². The average Bonchev–Trinajstić information content (AvgIpc) is 2.83. The van der Waals surface area contributed by atoms with Crippen LogP contribution in [0.3, 0.4) is 0 Å². The van der Waals surface area contributed by atoms with Crippen LogP contribution in [0.25, 0.3) is 0 Å². The summed E-state index contributed by atoms with van der Waals surface area (Å²) in [7, 11) is 0. The minimum absolute atomic E-state index is 0.616. The molecule has 0 spiro atoms. The second-order valence-corrected chi connectivity index (χ2v) is 4.50. The molecule has 2 rings (SSSR count). The Morgan fingerprint density at radius 3 is 2.77 bits per heavy atom. The van der Waals surface area contributed by atoms with E-state index in [9.17, 15) is 0 Å². The van der Waals surface area contributed by atoms with Gasteiger partial charge in [-0.15, -0.1) is 11.6 Å². The zero-order valence-corrected chi connectivity index (χ0v) is 9.07. The van der Waals surface area contributed by atoms with Crippen LogP contribution in [0.15, 0.2) is 18.2 Å². The quantitative estimate of drug-likeness (QED) is 0.654. The number of hydrogen-bond donors (Lipinski definition) is 0. The summed E-state index contributed by atoms with van der Waals surface area (Å²) in [6.07, 6.45) is 1.20. The number of hydrogen-bond acceptors (Lipinski definition) is 0. The molecule has 2 heteroatoms. The molecule has 1 fully saturated rings. The van der Waals surface area contributed by atoms with Crippen molar-refractivity contribution in [1.82, 2.24) is 0 Å². The summed E-state index contributed by atoms with van der Waals surface area (Å²) in [5.74, 6) is 2.03. The van der Waals surface area contributed by atoms with Gasteiger partial charge in [0, 0.05) is 10.9 Å². The van der Waals surface area contributed by atoms with Crippen LogP contribution in [-0.2, 0) is 0 Å². The van der Waals surface area contributed by atoms with Crippen LogP contribution in [0.4, 0.5) is 0 Å². The lowest BCUT2D eigenvalue weighted by atomic mass is 10.1. The summed E-state index contributed by atoms with van der Waals surface area (Å²) in [6, 6.07) is 6.28. The van der Waals surface area contributed by atoms with Crippen LogP contribution in [0.1, 0.15) is 23.5 Å². The summed E-state index contributed by atoms with van der Waals surface area (Å²) in [6.45, 7) is 2.06. The monoisotopic (exact) mass is 214 g/mol. The number of alkyl halides is 1. The summed E-state index contributed by atoms with van der Waals surface area (Å²) in [4.78, 5) is 0. The van der Waals surface area contributed by atoms with Crippen LogP contribution in [0.2, 0.25) is 5.02 Å². The molecule has 0 heterocycles. The van der Waals surface area contributed by atoms with E-state index in [4.69, 9.17) is 23.2 Å². The second-order valence-electron chi connectivity index (χ2n) is 3.78. The molecule has 0 aliphatic heterocycles. The highest BCUT2D eigenvalue weighted by Crippen LogP contribution is 2.50. The number of benzene rings is 1. The Bertz CT molecular complexity index is 320. The molecule has 1 saturated carbocycles. The maximum absolute atomic E-state index is 6.14. The predicted molar refractivity (Wildman–Crippen MR) is 57.8 cm³/mol. The van der Waals surface area contributed by atoms with E-state index in [2.05, 4.69) is 19.1 Å². The topological polar surface area (TPSA) is 0 Å². The number of aryl methyl sites for hydroxylation is 1. The summed E-state index contributed by atoms with van der Waals surface area (Å²) >= 11 is 11.9. The first-order chi connectivity index (χ1) is 6.22. The van der Waals surface area contributed by atoms with Crippen molar-refractivity contribution >= 4 is 23.2 Å². The highest BCUT2D eigenvalue weighted by molar-refractivity contribution is 6.31. The normalized spacial score (nSPS) is 26.1. The van der Waals surface area contributed by atoms with Gasteiger partial charge in [0.2, 0.25) is 0 Å². The van der Waals surface area contributed by atoms with E-state index in [-0.39, 0.29) is 0 Å². The first kappa shape index (κ1) is 9.36. The lowest BCUT2D eigenvalue weighted by Crippen LogP contribution is -1.86. The Morgan fingerprint density at radius 2 is 2.23 bits per heavy atom. The third-order valence-electron chi connectivity index (χ3n) is 2.68. The van der Waals surface area contributed by atoms with E-state index in [0.717, 1.165) is 10.9 Å². The minimum Gasteiger partial charge on any atom is -0.126 e. The lowest BCUT2D eigenvalue weighted by molar-refractivity contribution is 0.923. The standard InChI is InChI=1S/C11H12Cl2/c1-7-2-3-9(11(13)4-7)10-5-8(10)6-12/h2-4,8,10H,5-6H2,1H3. The van der Waals surface area contributed by atoms with E-state index >= 15 is 0 Å². The van der Waals surface area contributed by atoms with Crippen molar-refractivity contribution in [3.05, 3.63) is 34.3 Å². The molecule has 70 valence electrons. The summed E-state index contributed by atoms with van der Waals surface area (Å²) < 4.78 is 0. The van der Waals surface area contributed by atoms with Crippen molar-refractivity contribution in [3.8, 4) is 0 Å². The molecule has 2 atom stereocenters. The lowest BCUT2D eigenvalue weighted by Gasteiger charge is -2.03. The molecule has 0 aromatic heterocycles. The minimum atomic E-state index is 0.616. The summed E-state index contributed by atoms with van der Waals surface area (Å²) in [5, 5.41) is 0.901. The van der Waals surface area contributed by atoms with Gasteiger partial charge in [0.15, 0.2) is 0 Å². The largest absolute Gasteiger partial charge is 0.126 e. The molecule has 0 bridgehead atoms. The van der Waals surface area contributed by atoms with Gasteiger partial charge in [-0.3, -0.25) is 0 Å². The van der Waals surface area contributed by atoms with Gasteiger partial charge in [0.05, 0.1) is 0 Å². The molecular formula is C11H12Cl2. The molecule has 1 aromatic carbocycles. The maximum atomic E-state index is 6.14. The van der Waals surface area contributed by atoms with Crippen molar-refractivity contribution < 1.29 is 0 Å². The van der Waals surface area contributed by atoms with Crippen molar-refractivity contribution in [3.63, 3.8) is 0 Å². The Labute approximate surface area is 88.9 Å². The third kappa shape index (κ3) is 1.84. The SMILES string of the molecule is Cc1ccc(C2CC2CCl)c(Cl)c1.